The molecule has 1 atom stereocenters. The second kappa shape index (κ2) is 8.20. The van der Waals surface area contributed by atoms with E-state index >= 15 is 0 Å². The van der Waals surface area contributed by atoms with Crippen LogP contribution in [0.2, 0.25) is 0 Å². The highest BCUT2D eigenvalue weighted by atomic mass is 35.5. The maximum atomic E-state index is 12.4. The SMILES string of the molecule is COc1cc(C=C2CCC(CN(C)C)C2=O)cc(OC)c1.Cl. The van der Waals surface area contributed by atoms with Gasteiger partial charge in [0.1, 0.15) is 11.5 Å². The first-order chi connectivity index (χ1) is 10.0. The Labute approximate surface area is 138 Å². The van der Waals surface area contributed by atoms with Crippen LogP contribution in [0.4, 0.5) is 0 Å². The van der Waals surface area contributed by atoms with Crippen molar-refractivity contribution < 1.29 is 14.3 Å². The molecule has 5 heteroatoms. The molecule has 0 aromatic heterocycles. The van der Waals surface area contributed by atoms with Gasteiger partial charge in [-0.05, 0) is 56.3 Å². The minimum Gasteiger partial charge on any atom is -0.497 e. The second-order valence-electron chi connectivity index (χ2n) is 5.68. The van der Waals surface area contributed by atoms with E-state index in [1.807, 2.05) is 38.4 Å². The summed E-state index contributed by atoms with van der Waals surface area (Å²) in [7, 11) is 7.25. The number of halogens is 1. The fourth-order valence-corrected chi connectivity index (χ4v) is 2.72. The first kappa shape index (κ1) is 18.5. The molecule has 0 saturated heterocycles. The van der Waals surface area contributed by atoms with Crippen LogP contribution in [0.15, 0.2) is 23.8 Å². The highest BCUT2D eigenvalue weighted by molar-refractivity contribution is 6.03. The van der Waals surface area contributed by atoms with Gasteiger partial charge in [0.2, 0.25) is 0 Å². The third-order valence-electron chi connectivity index (χ3n) is 3.75. The van der Waals surface area contributed by atoms with Crippen molar-refractivity contribution in [3.8, 4) is 11.5 Å². The summed E-state index contributed by atoms with van der Waals surface area (Å²) in [5.74, 6) is 1.86. The molecule has 0 aliphatic heterocycles. The molecule has 1 aromatic rings. The van der Waals surface area contributed by atoms with E-state index in [1.54, 1.807) is 14.2 Å². The molecule has 0 bridgehead atoms. The molecule has 2 rings (SSSR count). The van der Waals surface area contributed by atoms with E-state index in [2.05, 4.69) is 4.90 Å². The molecule has 0 radical (unpaired) electrons. The number of ketones is 1. The molecule has 122 valence electrons. The predicted molar refractivity (Wildman–Crippen MR) is 91.1 cm³/mol. The number of hydrogen-bond acceptors (Lipinski definition) is 4. The van der Waals surface area contributed by atoms with Crippen LogP contribution >= 0.6 is 12.4 Å². The number of rotatable bonds is 5. The molecule has 1 aliphatic carbocycles. The van der Waals surface area contributed by atoms with E-state index in [0.29, 0.717) is 0 Å². The zero-order valence-electron chi connectivity index (χ0n) is 13.6. The minimum absolute atomic E-state index is 0. The molecule has 4 nitrogen and oxygen atoms in total. The Balaban J connectivity index is 0.00000242. The van der Waals surface area contributed by atoms with E-state index in [-0.39, 0.29) is 24.1 Å². The smallest absolute Gasteiger partial charge is 0.163 e. The van der Waals surface area contributed by atoms with Crippen molar-refractivity contribution in [1.29, 1.82) is 0 Å². The largest absolute Gasteiger partial charge is 0.497 e. The average Bonchev–Trinajstić information content (AvgIpc) is 2.79. The fourth-order valence-electron chi connectivity index (χ4n) is 2.72. The van der Waals surface area contributed by atoms with Crippen LogP contribution in [0.5, 0.6) is 11.5 Å². The van der Waals surface area contributed by atoms with Crippen LogP contribution in [0.3, 0.4) is 0 Å². The van der Waals surface area contributed by atoms with Gasteiger partial charge in [-0.2, -0.15) is 0 Å². The second-order valence-corrected chi connectivity index (χ2v) is 5.68. The van der Waals surface area contributed by atoms with Crippen molar-refractivity contribution >= 4 is 24.3 Å². The monoisotopic (exact) mass is 325 g/mol. The van der Waals surface area contributed by atoms with Gasteiger partial charge in [0.15, 0.2) is 5.78 Å². The van der Waals surface area contributed by atoms with E-state index in [1.165, 1.54) is 0 Å². The molecule has 1 saturated carbocycles. The zero-order chi connectivity index (χ0) is 15.4. The standard InChI is InChI=1S/C17H23NO3.ClH/c1-18(2)11-14-6-5-13(17(14)19)7-12-8-15(20-3)10-16(9-12)21-4;/h7-10,14H,5-6,11H2,1-4H3;1H. The lowest BCUT2D eigenvalue weighted by molar-refractivity contribution is -0.118. The Morgan fingerprint density at radius 2 is 1.77 bits per heavy atom. The number of benzene rings is 1. The third-order valence-corrected chi connectivity index (χ3v) is 3.75. The van der Waals surface area contributed by atoms with E-state index < -0.39 is 0 Å². The number of Topliss-reactive ketones (excluding diaryl/α,β-unsaturated/α-hetero) is 1. The number of allylic oxidation sites excluding steroid dienone is 1. The maximum absolute atomic E-state index is 12.4. The summed E-state index contributed by atoms with van der Waals surface area (Å²) >= 11 is 0. The van der Waals surface area contributed by atoms with Crippen LogP contribution in [0, 0.1) is 5.92 Å². The first-order valence-electron chi connectivity index (χ1n) is 7.16. The van der Waals surface area contributed by atoms with Crippen molar-refractivity contribution in [3.05, 3.63) is 29.3 Å². The quantitative estimate of drug-likeness (QED) is 0.780. The van der Waals surface area contributed by atoms with Gasteiger partial charge in [0.05, 0.1) is 14.2 Å². The Hall–Kier alpha value is -1.52. The lowest BCUT2D eigenvalue weighted by atomic mass is 10.0. The summed E-state index contributed by atoms with van der Waals surface area (Å²) in [5, 5.41) is 0. The van der Waals surface area contributed by atoms with Crippen molar-refractivity contribution in [3.63, 3.8) is 0 Å². The summed E-state index contributed by atoms with van der Waals surface area (Å²) in [5.41, 5.74) is 1.84. The lowest BCUT2D eigenvalue weighted by Crippen LogP contribution is -2.24. The van der Waals surface area contributed by atoms with Crippen molar-refractivity contribution in [2.45, 2.75) is 12.8 Å². The third kappa shape index (κ3) is 4.49. The summed E-state index contributed by atoms with van der Waals surface area (Å²) < 4.78 is 10.5. The summed E-state index contributed by atoms with van der Waals surface area (Å²) in [6.07, 6.45) is 3.74. The number of methoxy groups -OCH3 is 2. The van der Waals surface area contributed by atoms with Crippen LogP contribution in [-0.2, 0) is 4.79 Å². The van der Waals surface area contributed by atoms with Crippen LogP contribution in [-0.4, -0.2) is 45.5 Å². The molecule has 1 aromatic carbocycles. The van der Waals surface area contributed by atoms with Gasteiger partial charge in [-0.1, -0.05) is 0 Å². The fraction of sp³-hybridized carbons (Fsp3) is 0.471. The van der Waals surface area contributed by atoms with Gasteiger partial charge >= 0.3 is 0 Å². The molecule has 1 unspecified atom stereocenters. The number of hydrogen-bond donors (Lipinski definition) is 0. The van der Waals surface area contributed by atoms with Crippen LogP contribution in [0.25, 0.3) is 6.08 Å². The lowest BCUT2D eigenvalue weighted by Gasteiger charge is -2.13. The molecule has 1 fully saturated rings. The van der Waals surface area contributed by atoms with E-state index in [4.69, 9.17) is 9.47 Å². The van der Waals surface area contributed by atoms with Gasteiger partial charge in [-0.25, -0.2) is 0 Å². The molecule has 0 N–H and O–H groups in total. The molecule has 0 spiro atoms. The number of ether oxygens (including phenoxy) is 2. The number of carbonyl (C=O) groups is 1. The molecule has 1 aliphatic rings. The van der Waals surface area contributed by atoms with E-state index in [9.17, 15) is 4.79 Å². The van der Waals surface area contributed by atoms with Gasteiger partial charge in [-0.3, -0.25) is 4.79 Å². The topological polar surface area (TPSA) is 38.8 Å². The first-order valence-corrected chi connectivity index (χ1v) is 7.16. The molecule has 0 heterocycles. The summed E-state index contributed by atoms with van der Waals surface area (Å²) in [6, 6.07) is 5.66. The Bertz CT molecular complexity index is 533. The van der Waals surface area contributed by atoms with Crippen molar-refractivity contribution in [2.75, 3.05) is 34.9 Å². The van der Waals surface area contributed by atoms with Crippen LogP contribution < -0.4 is 9.47 Å². The molecule has 0 amide bonds. The average molecular weight is 326 g/mol. The normalized spacial score (nSPS) is 19.4. The Kier molecular flexibility index (Phi) is 6.91. The highest BCUT2D eigenvalue weighted by Crippen LogP contribution is 2.30. The summed E-state index contributed by atoms with van der Waals surface area (Å²) in [6.45, 7) is 0.817. The Morgan fingerprint density at radius 1 is 1.18 bits per heavy atom. The van der Waals surface area contributed by atoms with Gasteiger partial charge in [-0.15, -0.1) is 12.4 Å². The Morgan fingerprint density at radius 3 is 2.27 bits per heavy atom. The summed E-state index contributed by atoms with van der Waals surface area (Å²) in [4.78, 5) is 14.5. The van der Waals surface area contributed by atoms with Crippen molar-refractivity contribution in [2.24, 2.45) is 5.92 Å². The minimum atomic E-state index is 0. The number of carbonyl (C=O) groups excluding carboxylic acids is 1. The van der Waals surface area contributed by atoms with Crippen LogP contribution in [0.1, 0.15) is 18.4 Å². The molecular weight excluding hydrogens is 302 g/mol. The highest BCUT2D eigenvalue weighted by Gasteiger charge is 2.29. The van der Waals surface area contributed by atoms with E-state index in [0.717, 1.165) is 42.0 Å². The number of nitrogens with zero attached hydrogens (tertiary/aromatic N) is 1. The predicted octanol–water partition coefficient (Wildman–Crippen LogP) is 3.05. The molecular formula is C17H24ClNO3. The van der Waals surface area contributed by atoms with Gasteiger partial charge in [0, 0.05) is 18.5 Å². The van der Waals surface area contributed by atoms with Gasteiger partial charge < -0.3 is 14.4 Å². The van der Waals surface area contributed by atoms with Crippen molar-refractivity contribution in [1.82, 2.24) is 4.90 Å². The zero-order valence-corrected chi connectivity index (χ0v) is 14.4. The molecule has 22 heavy (non-hydrogen) atoms. The van der Waals surface area contributed by atoms with Gasteiger partial charge in [0.25, 0.3) is 0 Å². The maximum Gasteiger partial charge on any atom is 0.163 e.